The van der Waals surface area contributed by atoms with Crippen molar-refractivity contribution in [2.24, 2.45) is 5.92 Å². The maximum absolute atomic E-state index is 13.0. The third-order valence-electron chi connectivity index (χ3n) is 6.29. The van der Waals surface area contributed by atoms with Gasteiger partial charge in [-0.15, -0.1) is 0 Å². The number of ether oxygens (including phenoxy) is 3. The van der Waals surface area contributed by atoms with Crippen LogP contribution in [0.1, 0.15) is 39.5 Å². The van der Waals surface area contributed by atoms with Gasteiger partial charge >= 0.3 is 13.6 Å². The summed E-state index contributed by atoms with van der Waals surface area (Å²) in [7, 11) is -3.95. The molecule has 0 aromatic rings. The third kappa shape index (κ3) is 12.6. The van der Waals surface area contributed by atoms with E-state index in [1.807, 2.05) is 13.8 Å². The second kappa shape index (κ2) is 17.0. The van der Waals surface area contributed by atoms with Crippen LogP contribution in [0, 0.1) is 5.92 Å². The topological polar surface area (TPSA) is 216 Å². The maximum Gasteiger partial charge on any atom is 0.326 e. The Morgan fingerprint density at radius 1 is 1.00 bits per heavy atom. The second-order valence-electron chi connectivity index (χ2n) is 10.2. The summed E-state index contributed by atoms with van der Waals surface area (Å²) in [6, 6.07) is -1.81. The molecule has 16 heteroatoms. The fraction of sp³-hybridized carbons (Fsp3) is 0.833. The van der Waals surface area contributed by atoms with E-state index in [2.05, 4.69) is 16.0 Å². The lowest BCUT2D eigenvalue weighted by Gasteiger charge is -2.28. The van der Waals surface area contributed by atoms with Gasteiger partial charge < -0.3 is 50.0 Å². The van der Waals surface area contributed by atoms with Crippen LogP contribution in [0.4, 0.5) is 0 Å². The molecule has 15 nitrogen and oxygen atoms in total. The molecule has 230 valence electrons. The van der Waals surface area contributed by atoms with E-state index in [4.69, 9.17) is 24.0 Å². The first-order valence-corrected chi connectivity index (χ1v) is 15.4. The van der Waals surface area contributed by atoms with Gasteiger partial charge in [-0.05, 0) is 38.1 Å². The first-order valence-electron chi connectivity index (χ1n) is 13.6. The van der Waals surface area contributed by atoms with Gasteiger partial charge in [0.05, 0.1) is 32.6 Å². The van der Waals surface area contributed by atoms with Crippen LogP contribution in [0.3, 0.4) is 0 Å². The van der Waals surface area contributed by atoms with Gasteiger partial charge in [0.25, 0.3) is 11.8 Å². The zero-order valence-electron chi connectivity index (χ0n) is 23.1. The molecular formula is C24H43N4O11P. The van der Waals surface area contributed by atoms with Crippen LogP contribution in [0.5, 0.6) is 0 Å². The molecule has 2 fully saturated rings. The Bertz CT molecular complexity index is 900. The highest BCUT2D eigenvalue weighted by Crippen LogP contribution is 2.34. The Labute approximate surface area is 233 Å². The standard InChI is InChI=1S/C24H43N4O11P/c1-16(2)15-17(23(31)28-9-3-5-18(28)24(32)33)27-22(30)20-19(39-20)21(29)26-8-11-38-13-12-37-10-7-25-6-4-14-40(34,35)36/h16-20,25H,3-15H2,1-2H3,(H,26,29)(H,27,30)(H,32,33)(H2,34,35,36). The normalized spacial score (nSPS) is 21.3. The zero-order chi connectivity index (χ0) is 29.7. The highest BCUT2D eigenvalue weighted by Gasteiger charge is 2.51. The number of carboxylic acids is 1. The van der Waals surface area contributed by atoms with Gasteiger partial charge in [0.1, 0.15) is 12.1 Å². The predicted octanol–water partition coefficient (Wildman–Crippen LogP) is -1.33. The number of hydrogen-bond donors (Lipinski definition) is 6. The number of carbonyl (C=O) groups excluding carboxylic acids is 3. The number of nitrogens with zero attached hydrogens (tertiary/aromatic N) is 1. The molecule has 6 N–H and O–H groups in total. The van der Waals surface area contributed by atoms with Crippen molar-refractivity contribution in [3.05, 3.63) is 0 Å². The molecular weight excluding hydrogens is 551 g/mol. The number of aliphatic carboxylic acids is 1. The van der Waals surface area contributed by atoms with Crippen molar-refractivity contribution in [2.75, 3.05) is 58.8 Å². The molecule has 2 aliphatic rings. The fourth-order valence-corrected chi connectivity index (χ4v) is 4.86. The zero-order valence-corrected chi connectivity index (χ0v) is 24.0. The molecule has 0 radical (unpaired) electrons. The summed E-state index contributed by atoms with van der Waals surface area (Å²) >= 11 is 0. The lowest BCUT2D eigenvalue weighted by molar-refractivity contribution is -0.149. The molecule has 4 unspecified atom stereocenters. The van der Waals surface area contributed by atoms with E-state index in [1.54, 1.807) is 0 Å². The molecule has 2 rings (SSSR count). The van der Waals surface area contributed by atoms with Crippen LogP contribution in [-0.2, 0) is 38.0 Å². The molecule has 0 aromatic carbocycles. The number of amides is 3. The van der Waals surface area contributed by atoms with E-state index in [9.17, 15) is 28.8 Å². The highest BCUT2D eigenvalue weighted by atomic mass is 31.2. The SMILES string of the molecule is CC(C)CC(NC(=O)C1OC1C(=O)NCCOCCOCCNCCCP(=O)(O)O)C(=O)N1CCCC1C(=O)O. The Morgan fingerprint density at radius 2 is 1.65 bits per heavy atom. The number of hydrogen-bond acceptors (Lipinski definition) is 9. The number of nitrogens with one attached hydrogen (secondary N) is 3. The average molecular weight is 595 g/mol. The molecule has 2 saturated heterocycles. The fourth-order valence-electron chi connectivity index (χ4n) is 4.29. The first kappa shape index (κ1) is 34.1. The molecule has 2 heterocycles. The highest BCUT2D eigenvalue weighted by molar-refractivity contribution is 7.51. The van der Waals surface area contributed by atoms with Crippen LogP contribution >= 0.6 is 7.60 Å². The summed E-state index contributed by atoms with van der Waals surface area (Å²) in [5.74, 6) is -2.50. The number of likely N-dealkylation sites (tertiary alicyclic amines) is 1. The van der Waals surface area contributed by atoms with E-state index in [1.165, 1.54) is 4.90 Å². The van der Waals surface area contributed by atoms with Gasteiger partial charge in [-0.25, -0.2) is 4.79 Å². The van der Waals surface area contributed by atoms with Crippen molar-refractivity contribution < 1.29 is 52.8 Å². The number of rotatable bonds is 20. The van der Waals surface area contributed by atoms with Crippen molar-refractivity contribution in [3.8, 4) is 0 Å². The predicted molar refractivity (Wildman–Crippen MR) is 141 cm³/mol. The monoisotopic (exact) mass is 594 g/mol. The first-order chi connectivity index (χ1) is 18.9. The summed E-state index contributed by atoms with van der Waals surface area (Å²) in [4.78, 5) is 68.3. The molecule has 0 spiro atoms. The molecule has 2 aliphatic heterocycles. The lowest BCUT2D eigenvalue weighted by Crippen LogP contribution is -2.53. The summed E-state index contributed by atoms with van der Waals surface area (Å²) in [6.45, 7) is 6.63. The molecule has 0 aromatic heterocycles. The number of carboxylic acid groups (broad SMARTS) is 1. The molecule has 40 heavy (non-hydrogen) atoms. The molecule has 0 saturated carbocycles. The van der Waals surface area contributed by atoms with Crippen molar-refractivity contribution >= 4 is 31.3 Å². The van der Waals surface area contributed by atoms with Crippen LogP contribution in [-0.4, -0.2) is 127 Å². The lowest BCUT2D eigenvalue weighted by atomic mass is 10.0. The van der Waals surface area contributed by atoms with E-state index in [-0.39, 0.29) is 25.2 Å². The third-order valence-corrected chi connectivity index (χ3v) is 7.19. The molecule has 0 bridgehead atoms. The molecule has 3 amide bonds. The van der Waals surface area contributed by atoms with Crippen LogP contribution in [0.2, 0.25) is 0 Å². The van der Waals surface area contributed by atoms with Gasteiger partial charge in [0.2, 0.25) is 5.91 Å². The minimum absolute atomic E-state index is 0.0641. The van der Waals surface area contributed by atoms with Gasteiger partial charge in [-0.1, -0.05) is 13.8 Å². The number of carbonyl (C=O) groups is 4. The van der Waals surface area contributed by atoms with E-state index in [0.717, 1.165) is 0 Å². The quantitative estimate of drug-likeness (QED) is 0.0549. The summed E-state index contributed by atoms with van der Waals surface area (Å²) < 4.78 is 26.7. The van der Waals surface area contributed by atoms with Crippen molar-refractivity contribution in [1.82, 2.24) is 20.9 Å². The van der Waals surface area contributed by atoms with Crippen LogP contribution in [0.15, 0.2) is 0 Å². The minimum atomic E-state index is -3.95. The van der Waals surface area contributed by atoms with E-state index < -0.39 is 55.6 Å². The minimum Gasteiger partial charge on any atom is -0.480 e. The largest absolute Gasteiger partial charge is 0.480 e. The average Bonchev–Trinajstić information content (AvgIpc) is 3.52. The summed E-state index contributed by atoms with van der Waals surface area (Å²) in [6.07, 6.45) is -0.476. The van der Waals surface area contributed by atoms with Gasteiger partial charge in [-0.2, -0.15) is 0 Å². The van der Waals surface area contributed by atoms with Crippen LogP contribution < -0.4 is 16.0 Å². The number of epoxide rings is 1. The van der Waals surface area contributed by atoms with Crippen molar-refractivity contribution in [3.63, 3.8) is 0 Å². The Hall–Kier alpha value is -2.13. The van der Waals surface area contributed by atoms with Crippen molar-refractivity contribution in [1.29, 1.82) is 0 Å². The van der Waals surface area contributed by atoms with Gasteiger partial charge in [-0.3, -0.25) is 18.9 Å². The summed E-state index contributed by atoms with van der Waals surface area (Å²) in [5.41, 5.74) is 0. The smallest absolute Gasteiger partial charge is 0.326 e. The van der Waals surface area contributed by atoms with E-state index in [0.29, 0.717) is 65.1 Å². The van der Waals surface area contributed by atoms with Crippen molar-refractivity contribution in [2.45, 2.75) is 63.8 Å². The maximum atomic E-state index is 13.0. The molecule has 0 aliphatic carbocycles. The Morgan fingerprint density at radius 3 is 2.27 bits per heavy atom. The second-order valence-corrected chi connectivity index (χ2v) is 12.0. The molecule has 4 atom stereocenters. The van der Waals surface area contributed by atoms with Gasteiger partial charge in [0.15, 0.2) is 12.2 Å². The van der Waals surface area contributed by atoms with Crippen LogP contribution in [0.25, 0.3) is 0 Å². The Kier molecular flexibility index (Phi) is 14.5. The van der Waals surface area contributed by atoms with E-state index >= 15 is 0 Å². The summed E-state index contributed by atoms with van der Waals surface area (Å²) in [5, 5.41) is 17.7. The Balaban J connectivity index is 1.58. The van der Waals surface area contributed by atoms with Gasteiger partial charge in [0, 0.05) is 19.6 Å².